The molecular formula is C37H37N3O4S. The van der Waals surface area contributed by atoms with E-state index in [9.17, 15) is 4.79 Å². The number of rotatable bonds is 10. The molecule has 0 spiro atoms. The zero-order chi connectivity index (χ0) is 31.5. The Kier molecular flexibility index (Phi) is 8.85. The summed E-state index contributed by atoms with van der Waals surface area (Å²) in [5, 5.41) is 7.66. The topological polar surface area (TPSA) is 65.3 Å². The van der Waals surface area contributed by atoms with Crippen LogP contribution in [0.4, 0.5) is 0 Å². The number of thioether (sulfide) groups is 1. The standard InChI is InChI=1S/C37H37N3O4S/c1-24-13-14-25(2)27(19-24)21-39-22-35(29-9-6-7-11-32(29)39)45-23-36(41)40-33(30-10-8-12-34(43-4)37(30)44-5)20-31(38-40)26-15-17-28(42-3)18-16-26/h6-19,22,33H,20-21,23H2,1-5H3/t33-/m1/s1. The van der Waals surface area contributed by atoms with Crippen LogP contribution in [-0.2, 0) is 11.3 Å². The van der Waals surface area contributed by atoms with Crippen molar-refractivity contribution < 1.29 is 19.0 Å². The second kappa shape index (κ2) is 13.1. The first kappa shape index (κ1) is 30.3. The van der Waals surface area contributed by atoms with E-state index >= 15 is 0 Å². The van der Waals surface area contributed by atoms with Crippen molar-refractivity contribution in [2.24, 2.45) is 5.10 Å². The van der Waals surface area contributed by atoms with Gasteiger partial charge in [-0.05, 0) is 66.9 Å². The molecule has 1 aromatic heterocycles. The summed E-state index contributed by atoms with van der Waals surface area (Å²) >= 11 is 1.55. The quantitative estimate of drug-likeness (QED) is 0.149. The summed E-state index contributed by atoms with van der Waals surface area (Å²) < 4.78 is 19.0. The number of fused-ring (bicyclic) bond motifs is 1. The fourth-order valence-corrected chi connectivity index (χ4v) is 6.87. The van der Waals surface area contributed by atoms with Gasteiger partial charge in [-0.3, -0.25) is 4.79 Å². The predicted octanol–water partition coefficient (Wildman–Crippen LogP) is 7.80. The van der Waals surface area contributed by atoms with E-state index in [0.29, 0.717) is 17.9 Å². The van der Waals surface area contributed by atoms with Crippen LogP contribution in [0.25, 0.3) is 10.9 Å². The average Bonchev–Trinajstić information content (AvgIpc) is 3.67. The van der Waals surface area contributed by atoms with Gasteiger partial charge in [0.05, 0.1) is 38.8 Å². The predicted molar refractivity (Wildman–Crippen MR) is 181 cm³/mol. The molecule has 45 heavy (non-hydrogen) atoms. The molecule has 0 aliphatic carbocycles. The SMILES string of the molecule is COc1ccc(C2=NN(C(=O)CSc3cn(Cc4cc(C)ccc4C)c4ccccc34)[C@@H](c3cccc(OC)c3OC)C2)cc1. The van der Waals surface area contributed by atoms with Gasteiger partial charge in [0.15, 0.2) is 11.5 Å². The summed E-state index contributed by atoms with van der Waals surface area (Å²) in [6.45, 7) is 5.04. The van der Waals surface area contributed by atoms with Crippen LogP contribution >= 0.6 is 11.8 Å². The minimum absolute atomic E-state index is 0.0789. The number of nitrogens with zero attached hydrogens (tertiary/aromatic N) is 3. The summed E-state index contributed by atoms with van der Waals surface area (Å²) in [6, 6.07) is 28.1. The van der Waals surface area contributed by atoms with Crippen molar-refractivity contribution in [3.05, 3.63) is 119 Å². The molecule has 0 fully saturated rings. The number of para-hydroxylation sites is 2. The van der Waals surface area contributed by atoms with Crippen LogP contribution in [0.5, 0.6) is 17.2 Å². The lowest BCUT2D eigenvalue weighted by Crippen LogP contribution is -2.28. The Morgan fingerprint density at radius 1 is 0.911 bits per heavy atom. The maximum Gasteiger partial charge on any atom is 0.253 e. The molecule has 230 valence electrons. The minimum Gasteiger partial charge on any atom is -0.497 e. The fourth-order valence-electron chi connectivity index (χ4n) is 5.93. The second-order valence-corrected chi connectivity index (χ2v) is 12.2. The Bertz CT molecular complexity index is 1880. The van der Waals surface area contributed by atoms with Crippen LogP contribution in [0.15, 0.2) is 101 Å². The Morgan fingerprint density at radius 3 is 2.47 bits per heavy atom. The highest BCUT2D eigenvalue weighted by Gasteiger charge is 2.35. The first-order valence-corrected chi connectivity index (χ1v) is 15.9. The second-order valence-electron chi connectivity index (χ2n) is 11.2. The number of ether oxygens (including phenoxy) is 3. The van der Waals surface area contributed by atoms with Crippen LogP contribution in [-0.4, -0.2) is 48.3 Å². The molecule has 1 atom stereocenters. The van der Waals surface area contributed by atoms with Crippen molar-refractivity contribution in [2.75, 3.05) is 27.1 Å². The molecule has 0 bridgehead atoms. The summed E-state index contributed by atoms with van der Waals surface area (Å²) in [5.41, 5.74) is 7.57. The maximum absolute atomic E-state index is 14.0. The lowest BCUT2D eigenvalue weighted by molar-refractivity contribution is -0.130. The molecular weight excluding hydrogens is 582 g/mol. The van der Waals surface area contributed by atoms with E-state index in [2.05, 4.69) is 61.0 Å². The molecule has 0 radical (unpaired) electrons. The van der Waals surface area contributed by atoms with Gasteiger partial charge in [-0.25, -0.2) is 5.01 Å². The molecule has 0 saturated heterocycles. The minimum atomic E-state index is -0.342. The van der Waals surface area contributed by atoms with Gasteiger partial charge in [-0.1, -0.05) is 54.1 Å². The van der Waals surface area contributed by atoms with Crippen LogP contribution < -0.4 is 14.2 Å². The number of hydrogen-bond acceptors (Lipinski definition) is 6. The van der Waals surface area contributed by atoms with E-state index in [1.807, 2.05) is 48.5 Å². The highest BCUT2D eigenvalue weighted by molar-refractivity contribution is 8.00. The molecule has 4 aromatic carbocycles. The summed E-state index contributed by atoms with van der Waals surface area (Å²) in [4.78, 5) is 15.1. The number of aryl methyl sites for hydroxylation is 2. The zero-order valence-electron chi connectivity index (χ0n) is 26.2. The summed E-state index contributed by atoms with van der Waals surface area (Å²) in [5.74, 6) is 2.15. The van der Waals surface area contributed by atoms with Crippen molar-refractivity contribution in [3.63, 3.8) is 0 Å². The van der Waals surface area contributed by atoms with Crippen molar-refractivity contribution in [3.8, 4) is 17.2 Å². The third-order valence-corrected chi connectivity index (χ3v) is 9.36. The molecule has 6 rings (SSSR count). The van der Waals surface area contributed by atoms with Crippen molar-refractivity contribution >= 4 is 34.3 Å². The number of methoxy groups -OCH3 is 3. The Labute approximate surface area is 268 Å². The summed E-state index contributed by atoms with van der Waals surface area (Å²) in [6.07, 6.45) is 2.71. The van der Waals surface area contributed by atoms with Crippen molar-refractivity contribution in [1.29, 1.82) is 0 Å². The van der Waals surface area contributed by atoms with E-state index < -0.39 is 0 Å². The third-order valence-electron chi connectivity index (χ3n) is 8.33. The van der Waals surface area contributed by atoms with E-state index in [4.69, 9.17) is 19.3 Å². The molecule has 1 aliphatic rings. The molecule has 1 aliphatic heterocycles. The van der Waals surface area contributed by atoms with E-state index in [-0.39, 0.29) is 17.7 Å². The van der Waals surface area contributed by atoms with Crippen molar-refractivity contribution in [1.82, 2.24) is 9.58 Å². The first-order chi connectivity index (χ1) is 21.9. The van der Waals surface area contributed by atoms with Gasteiger partial charge in [0, 0.05) is 40.5 Å². The van der Waals surface area contributed by atoms with Gasteiger partial charge in [-0.2, -0.15) is 5.10 Å². The van der Waals surface area contributed by atoms with Gasteiger partial charge < -0.3 is 18.8 Å². The number of hydrogen-bond donors (Lipinski definition) is 0. The Hall–Kier alpha value is -4.69. The number of amides is 1. The normalized spacial score (nSPS) is 14.5. The highest BCUT2D eigenvalue weighted by Crippen LogP contribution is 2.42. The van der Waals surface area contributed by atoms with E-state index in [1.165, 1.54) is 16.7 Å². The molecule has 8 heteroatoms. The lowest BCUT2D eigenvalue weighted by atomic mass is 9.97. The van der Waals surface area contributed by atoms with E-state index in [1.54, 1.807) is 38.1 Å². The van der Waals surface area contributed by atoms with Gasteiger partial charge in [0.25, 0.3) is 5.91 Å². The molecule has 0 unspecified atom stereocenters. The van der Waals surface area contributed by atoms with Crippen LogP contribution in [0.1, 0.15) is 40.3 Å². The molecule has 0 N–H and O–H groups in total. The van der Waals surface area contributed by atoms with E-state index in [0.717, 1.165) is 44.9 Å². The van der Waals surface area contributed by atoms with Gasteiger partial charge >= 0.3 is 0 Å². The fraction of sp³-hybridized carbons (Fsp3) is 0.243. The number of hydrazone groups is 1. The monoisotopic (exact) mass is 619 g/mol. The largest absolute Gasteiger partial charge is 0.497 e. The van der Waals surface area contributed by atoms with Crippen molar-refractivity contribution in [2.45, 2.75) is 37.8 Å². The Morgan fingerprint density at radius 2 is 1.71 bits per heavy atom. The number of carbonyl (C=O) groups excluding carboxylic acids is 1. The number of carbonyl (C=O) groups is 1. The lowest BCUT2D eigenvalue weighted by Gasteiger charge is -2.24. The van der Waals surface area contributed by atoms with Gasteiger partial charge in [-0.15, -0.1) is 11.8 Å². The smallest absolute Gasteiger partial charge is 0.253 e. The highest BCUT2D eigenvalue weighted by atomic mass is 32.2. The van der Waals surface area contributed by atoms with Gasteiger partial charge in [0.1, 0.15) is 5.75 Å². The average molecular weight is 620 g/mol. The molecule has 2 heterocycles. The maximum atomic E-state index is 14.0. The number of aromatic nitrogens is 1. The van der Waals surface area contributed by atoms with Crippen LogP contribution in [0.2, 0.25) is 0 Å². The molecule has 0 saturated carbocycles. The zero-order valence-corrected chi connectivity index (χ0v) is 27.1. The van der Waals surface area contributed by atoms with Gasteiger partial charge in [0.2, 0.25) is 0 Å². The molecule has 7 nitrogen and oxygen atoms in total. The molecule has 5 aromatic rings. The number of benzene rings is 4. The third kappa shape index (κ3) is 6.15. The van der Waals surface area contributed by atoms with Crippen LogP contribution in [0, 0.1) is 13.8 Å². The first-order valence-electron chi connectivity index (χ1n) is 14.9. The molecule has 1 amide bonds. The van der Waals surface area contributed by atoms with Crippen LogP contribution in [0.3, 0.4) is 0 Å². The Balaban J connectivity index is 1.30. The summed E-state index contributed by atoms with van der Waals surface area (Å²) in [7, 11) is 4.88.